The maximum Gasteiger partial charge on any atom is 0.455 e. The first-order valence-electron chi connectivity index (χ1n) is 6.80. The van der Waals surface area contributed by atoms with Gasteiger partial charge in [-0.2, -0.15) is 0 Å². The van der Waals surface area contributed by atoms with E-state index in [0.29, 0.717) is 0 Å². The van der Waals surface area contributed by atoms with Crippen molar-refractivity contribution in [2.45, 2.75) is 45.7 Å². The van der Waals surface area contributed by atoms with Gasteiger partial charge in [0.15, 0.2) is 8.32 Å². The molecule has 0 aromatic rings. The van der Waals surface area contributed by atoms with Crippen molar-refractivity contribution in [2.75, 3.05) is 26.2 Å². The zero-order valence-corrected chi connectivity index (χ0v) is 16.0. The summed E-state index contributed by atoms with van der Waals surface area (Å²) in [5.41, 5.74) is 0. The lowest BCUT2D eigenvalue weighted by Crippen LogP contribution is -2.47. The van der Waals surface area contributed by atoms with Crippen LogP contribution in [0.15, 0.2) is 0 Å². The lowest BCUT2D eigenvalue weighted by molar-refractivity contribution is 0.288. The molecule has 0 bridgehead atoms. The lowest BCUT2D eigenvalue weighted by Gasteiger charge is -2.29. The largest absolute Gasteiger partial charge is 0.455 e. The third-order valence-electron chi connectivity index (χ3n) is 3.16. The fourth-order valence-electron chi connectivity index (χ4n) is 2.04. The van der Waals surface area contributed by atoms with Crippen molar-refractivity contribution in [3.63, 3.8) is 0 Å². The van der Waals surface area contributed by atoms with E-state index in [0.717, 1.165) is 6.61 Å². The third kappa shape index (κ3) is 6.53. The highest BCUT2D eigenvalue weighted by atomic mass is 28.4. The molecule has 0 radical (unpaired) electrons. The third-order valence-corrected chi connectivity index (χ3v) is 11.3. The van der Waals surface area contributed by atoms with Gasteiger partial charge in [0.1, 0.15) is 0 Å². The van der Waals surface area contributed by atoms with Crippen LogP contribution in [0.3, 0.4) is 0 Å². The molecule has 0 atom stereocenters. The Labute approximate surface area is 116 Å². The van der Waals surface area contributed by atoms with E-state index in [-0.39, 0.29) is 15.7 Å². The van der Waals surface area contributed by atoms with E-state index in [4.69, 9.17) is 4.43 Å². The summed E-state index contributed by atoms with van der Waals surface area (Å²) < 4.78 is 11.4. The zero-order valence-electron chi connectivity index (χ0n) is 12.5. The maximum absolute atomic E-state index is 5.91. The molecule has 1 rings (SSSR count). The van der Waals surface area contributed by atoms with Gasteiger partial charge in [-0.05, 0) is 45.7 Å². The molecule has 1 aliphatic rings. The van der Waals surface area contributed by atoms with Crippen molar-refractivity contribution < 1.29 is 4.43 Å². The topological polar surface area (TPSA) is 15.7 Å². The van der Waals surface area contributed by atoms with Crippen molar-refractivity contribution in [1.82, 2.24) is 7.43 Å². The van der Waals surface area contributed by atoms with Crippen LogP contribution in [-0.4, -0.2) is 65.9 Å². The fraction of sp³-hybridized carbons (Fsp3) is 1.00. The van der Waals surface area contributed by atoms with Gasteiger partial charge in [0.25, 0.3) is 0 Å². The first-order valence-corrected chi connectivity index (χ1v) is 14.9. The van der Waals surface area contributed by atoms with E-state index < -0.39 is 16.6 Å². The smallest absolute Gasteiger partial charge is 0.418 e. The molecule has 0 aliphatic carbocycles. The summed E-state index contributed by atoms with van der Waals surface area (Å²) in [6, 6.07) is 0. The van der Waals surface area contributed by atoms with Gasteiger partial charge >= 0.3 is 15.7 Å². The second-order valence-electron chi connectivity index (χ2n) is 7.01. The summed E-state index contributed by atoms with van der Waals surface area (Å²) in [6.45, 7) is 19.1. The summed E-state index contributed by atoms with van der Waals surface area (Å²) in [4.78, 5) is 0. The molecule has 0 aromatic carbocycles. The van der Waals surface area contributed by atoms with E-state index in [9.17, 15) is 0 Å². The average molecular weight is 289 g/mol. The second kappa shape index (κ2) is 6.33. The van der Waals surface area contributed by atoms with Gasteiger partial charge in [0.2, 0.25) is 0 Å². The van der Waals surface area contributed by atoms with Crippen LogP contribution in [0.25, 0.3) is 0 Å². The molecular weight excluding hydrogens is 259 g/mol. The Morgan fingerprint density at radius 1 is 1.06 bits per heavy atom. The van der Waals surface area contributed by atoms with Crippen LogP contribution in [-0.2, 0) is 4.43 Å². The van der Waals surface area contributed by atoms with Crippen LogP contribution >= 0.6 is 0 Å². The normalized spacial score (nSPS) is 19.6. The average Bonchev–Trinajstić information content (AvgIpc) is 2.58. The summed E-state index contributed by atoms with van der Waals surface area (Å²) >= 11 is -0.111. The van der Waals surface area contributed by atoms with Crippen molar-refractivity contribution in [3.8, 4) is 0 Å². The van der Waals surface area contributed by atoms with Crippen LogP contribution in [0.4, 0.5) is 0 Å². The highest BCUT2D eigenvalue weighted by Gasteiger charge is 2.31. The second-order valence-corrected chi connectivity index (χ2v) is 19.1. The summed E-state index contributed by atoms with van der Waals surface area (Å²) in [5, 5.41) is 0. The molecule has 0 unspecified atom stereocenters. The van der Waals surface area contributed by atoms with Gasteiger partial charge < -0.3 is 11.9 Å². The highest BCUT2D eigenvalue weighted by molar-refractivity contribution is 6.78. The van der Waals surface area contributed by atoms with Gasteiger partial charge in [-0.25, -0.2) is 0 Å². The minimum absolute atomic E-state index is 0.111. The number of hydrogen-bond acceptors (Lipinski definition) is 3. The number of nitrogens with zero attached hydrogens (tertiary/aromatic N) is 2. The molecule has 0 N–H and O–H groups in total. The Morgan fingerprint density at radius 2 is 1.71 bits per heavy atom. The summed E-state index contributed by atoms with van der Waals surface area (Å²) in [7, 11) is -2.30. The molecule has 1 fully saturated rings. The van der Waals surface area contributed by atoms with Crippen molar-refractivity contribution in [1.29, 1.82) is 0 Å². The van der Waals surface area contributed by atoms with Crippen molar-refractivity contribution >= 4 is 32.2 Å². The number of rotatable bonds is 6. The minimum atomic E-state index is -1.29. The van der Waals surface area contributed by atoms with Gasteiger partial charge in [-0.3, -0.25) is 0 Å². The molecule has 0 saturated carbocycles. The Morgan fingerprint density at radius 3 is 2.18 bits per heavy atom. The predicted molar refractivity (Wildman–Crippen MR) is 82.7 cm³/mol. The van der Waals surface area contributed by atoms with E-state index in [2.05, 4.69) is 46.7 Å². The lowest BCUT2D eigenvalue weighted by atomic mass is 10.4. The van der Waals surface area contributed by atoms with E-state index in [1.165, 1.54) is 26.1 Å². The summed E-state index contributed by atoms with van der Waals surface area (Å²) in [5.74, 6) is 0. The monoisotopic (exact) mass is 288 g/mol. The Bertz CT molecular complexity index is 241. The minimum Gasteiger partial charge on any atom is -0.418 e. The molecule has 1 aliphatic heterocycles. The fourth-order valence-corrected chi connectivity index (χ4v) is 7.28. The van der Waals surface area contributed by atoms with Crippen LogP contribution in [0, 0.1) is 0 Å². The van der Waals surface area contributed by atoms with Crippen LogP contribution in [0.2, 0.25) is 39.3 Å². The Kier molecular flexibility index (Phi) is 5.92. The standard InChI is InChI=1S/C11H28N2OSi2.Al.H/c1-15(2,3)13-10-9-12-8-7-11-14-16(4,5)6;;/h7-11H2,1-6H3;;/q-2;+2;. The first kappa shape index (κ1) is 15.9. The molecule has 3 nitrogen and oxygen atoms in total. The van der Waals surface area contributed by atoms with E-state index >= 15 is 0 Å². The summed E-state index contributed by atoms with van der Waals surface area (Å²) in [6.07, 6.45) is 1.22. The van der Waals surface area contributed by atoms with Gasteiger partial charge in [0, 0.05) is 6.61 Å². The molecule has 0 spiro atoms. The zero-order chi connectivity index (χ0) is 13.1. The number of hydrogen-bond donors (Lipinski definition) is 0. The van der Waals surface area contributed by atoms with Crippen molar-refractivity contribution in [2.24, 2.45) is 0 Å². The van der Waals surface area contributed by atoms with Crippen LogP contribution in [0.1, 0.15) is 6.42 Å². The van der Waals surface area contributed by atoms with Gasteiger partial charge in [-0.15, -0.1) is 0 Å². The van der Waals surface area contributed by atoms with E-state index in [1.54, 1.807) is 0 Å². The Hall–Kier alpha value is 0.846. The molecule has 17 heavy (non-hydrogen) atoms. The SMILES string of the molecule is C[Si](C)(C)OCCC[N]1CC[N]([Si](C)(C)C)[AlH]1. The van der Waals surface area contributed by atoms with Crippen LogP contribution in [0.5, 0.6) is 0 Å². The van der Waals surface area contributed by atoms with Gasteiger partial charge in [-0.1, -0.05) is 19.6 Å². The molecule has 100 valence electrons. The maximum atomic E-state index is 5.91. The molecule has 0 amide bonds. The molecular formula is C11H29AlN2OSi2. The molecule has 1 saturated heterocycles. The van der Waals surface area contributed by atoms with Gasteiger partial charge in [0.05, 0.1) is 8.24 Å². The highest BCUT2D eigenvalue weighted by Crippen LogP contribution is 2.13. The van der Waals surface area contributed by atoms with E-state index in [1.807, 2.05) is 0 Å². The Balaban J connectivity index is 2.15. The van der Waals surface area contributed by atoms with Crippen molar-refractivity contribution in [3.05, 3.63) is 0 Å². The predicted octanol–water partition coefficient (Wildman–Crippen LogP) is 1.95. The molecule has 1 heterocycles. The quantitative estimate of drug-likeness (QED) is 0.549. The first-order chi connectivity index (χ1) is 7.68. The van der Waals surface area contributed by atoms with Crippen LogP contribution < -0.4 is 0 Å². The molecule has 0 aromatic heterocycles. The molecule has 6 heteroatoms.